The van der Waals surface area contributed by atoms with Crippen LogP contribution in [0.5, 0.6) is 0 Å². The van der Waals surface area contributed by atoms with Gasteiger partial charge in [0.1, 0.15) is 0 Å². The first-order valence-corrected chi connectivity index (χ1v) is 6.50. The van der Waals surface area contributed by atoms with Crippen LogP contribution in [0.1, 0.15) is 20.3 Å². The molecule has 0 saturated heterocycles. The summed E-state index contributed by atoms with van der Waals surface area (Å²) >= 11 is 3.30. The lowest BCUT2D eigenvalue weighted by Crippen LogP contribution is -2.29. The van der Waals surface area contributed by atoms with Gasteiger partial charge in [0.25, 0.3) is 5.69 Å². The van der Waals surface area contributed by atoms with Crippen molar-refractivity contribution in [1.29, 1.82) is 0 Å². The summed E-state index contributed by atoms with van der Waals surface area (Å²) in [7, 11) is 0. The van der Waals surface area contributed by atoms with E-state index in [2.05, 4.69) is 21.2 Å². The minimum absolute atomic E-state index is 0.0489. The van der Waals surface area contributed by atoms with Gasteiger partial charge in [0, 0.05) is 34.3 Å². The van der Waals surface area contributed by atoms with Gasteiger partial charge in [0.05, 0.1) is 11.5 Å². The molecule has 100 valence electrons. The van der Waals surface area contributed by atoms with Gasteiger partial charge in [0.2, 0.25) is 0 Å². The molecule has 0 amide bonds. The van der Waals surface area contributed by atoms with E-state index < -0.39 is 4.92 Å². The topological polar surface area (TPSA) is 75.4 Å². The van der Waals surface area contributed by atoms with Crippen LogP contribution in [0, 0.1) is 15.5 Å². The SMILES string of the molecule is CCC(C)(CO)CNc1ccc([N+](=O)[O-])cc1Br. The van der Waals surface area contributed by atoms with Crippen molar-refractivity contribution in [3.63, 3.8) is 0 Å². The number of hydrogen-bond acceptors (Lipinski definition) is 4. The highest BCUT2D eigenvalue weighted by Crippen LogP contribution is 2.29. The fourth-order valence-electron chi connectivity index (χ4n) is 1.36. The van der Waals surface area contributed by atoms with Crippen molar-refractivity contribution in [2.45, 2.75) is 20.3 Å². The highest BCUT2D eigenvalue weighted by Gasteiger charge is 2.21. The molecule has 0 aliphatic rings. The fourth-order valence-corrected chi connectivity index (χ4v) is 1.87. The van der Waals surface area contributed by atoms with Crippen molar-refractivity contribution in [2.75, 3.05) is 18.5 Å². The summed E-state index contributed by atoms with van der Waals surface area (Å²) in [6.07, 6.45) is 0.848. The molecule has 0 aliphatic heterocycles. The number of anilines is 1. The lowest BCUT2D eigenvalue weighted by Gasteiger charge is -2.26. The number of benzene rings is 1. The maximum absolute atomic E-state index is 10.6. The molecule has 1 aromatic rings. The molecule has 0 spiro atoms. The Hall–Kier alpha value is -1.14. The van der Waals surface area contributed by atoms with Gasteiger partial charge in [-0.1, -0.05) is 13.8 Å². The molecular formula is C12H17BrN2O3. The molecule has 0 fully saturated rings. The Balaban J connectivity index is 2.77. The van der Waals surface area contributed by atoms with E-state index in [9.17, 15) is 15.2 Å². The van der Waals surface area contributed by atoms with E-state index in [-0.39, 0.29) is 17.7 Å². The van der Waals surface area contributed by atoms with Gasteiger partial charge in [0.15, 0.2) is 0 Å². The molecule has 1 rings (SSSR count). The van der Waals surface area contributed by atoms with Gasteiger partial charge in [-0.15, -0.1) is 0 Å². The maximum atomic E-state index is 10.6. The summed E-state index contributed by atoms with van der Waals surface area (Å²) in [4.78, 5) is 10.2. The van der Waals surface area contributed by atoms with Gasteiger partial charge in [-0.25, -0.2) is 0 Å². The number of hydrogen-bond donors (Lipinski definition) is 2. The largest absolute Gasteiger partial charge is 0.396 e. The van der Waals surface area contributed by atoms with E-state index in [1.165, 1.54) is 12.1 Å². The molecule has 18 heavy (non-hydrogen) atoms. The normalized spacial score (nSPS) is 14.0. The lowest BCUT2D eigenvalue weighted by atomic mass is 9.88. The number of non-ortho nitro benzene ring substituents is 1. The summed E-state index contributed by atoms with van der Waals surface area (Å²) in [5, 5.41) is 23.1. The summed E-state index contributed by atoms with van der Waals surface area (Å²) < 4.78 is 0.646. The molecule has 5 nitrogen and oxygen atoms in total. The first-order chi connectivity index (χ1) is 8.41. The first kappa shape index (κ1) is 14.9. The van der Waals surface area contributed by atoms with Gasteiger partial charge >= 0.3 is 0 Å². The second kappa shape index (κ2) is 6.15. The quantitative estimate of drug-likeness (QED) is 0.624. The second-order valence-corrected chi connectivity index (χ2v) is 5.45. The molecular weight excluding hydrogens is 300 g/mol. The number of aliphatic hydroxyl groups excluding tert-OH is 1. The number of halogens is 1. The van der Waals surface area contributed by atoms with Gasteiger partial charge in [-0.3, -0.25) is 10.1 Å². The third kappa shape index (κ3) is 3.68. The molecule has 1 atom stereocenters. The number of rotatable bonds is 6. The number of aliphatic hydroxyl groups is 1. The van der Waals surface area contributed by atoms with Gasteiger partial charge in [-0.05, 0) is 28.4 Å². The predicted octanol–water partition coefficient (Wildman–Crippen LogP) is 3.18. The van der Waals surface area contributed by atoms with Crippen molar-refractivity contribution >= 4 is 27.3 Å². The summed E-state index contributed by atoms with van der Waals surface area (Å²) in [6, 6.07) is 4.58. The van der Waals surface area contributed by atoms with Gasteiger partial charge in [-0.2, -0.15) is 0 Å². The number of nitro benzene ring substituents is 1. The lowest BCUT2D eigenvalue weighted by molar-refractivity contribution is -0.384. The average Bonchev–Trinajstić information content (AvgIpc) is 2.36. The fraction of sp³-hybridized carbons (Fsp3) is 0.500. The molecule has 0 radical (unpaired) electrons. The van der Waals surface area contributed by atoms with Gasteiger partial charge < -0.3 is 10.4 Å². The van der Waals surface area contributed by atoms with Crippen LogP contribution in [0.3, 0.4) is 0 Å². The van der Waals surface area contributed by atoms with Crippen LogP contribution in [-0.2, 0) is 0 Å². The molecule has 0 aliphatic carbocycles. The molecule has 0 heterocycles. The van der Waals surface area contributed by atoms with E-state index in [0.717, 1.165) is 12.1 Å². The Morgan fingerprint density at radius 2 is 2.22 bits per heavy atom. The van der Waals surface area contributed by atoms with Crippen molar-refractivity contribution < 1.29 is 10.0 Å². The van der Waals surface area contributed by atoms with Crippen molar-refractivity contribution in [3.05, 3.63) is 32.8 Å². The van der Waals surface area contributed by atoms with Crippen LogP contribution in [0.4, 0.5) is 11.4 Å². The minimum Gasteiger partial charge on any atom is -0.396 e. The van der Waals surface area contributed by atoms with E-state index >= 15 is 0 Å². The zero-order valence-electron chi connectivity index (χ0n) is 10.4. The molecule has 0 aromatic heterocycles. The molecule has 2 N–H and O–H groups in total. The highest BCUT2D eigenvalue weighted by molar-refractivity contribution is 9.10. The van der Waals surface area contributed by atoms with Crippen LogP contribution in [0.25, 0.3) is 0 Å². The first-order valence-electron chi connectivity index (χ1n) is 5.70. The standard InChI is InChI=1S/C12H17BrN2O3/c1-3-12(2,8-16)7-14-11-5-4-9(15(17)18)6-10(11)13/h4-6,14,16H,3,7-8H2,1-2H3. The molecule has 0 saturated carbocycles. The van der Waals surface area contributed by atoms with Crippen LogP contribution >= 0.6 is 15.9 Å². The van der Waals surface area contributed by atoms with Crippen molar-refractivity contribution in [3.8, 4) is 0 Å². The van der Waals surface area contributed by atoms with E-state index in [1.54, 1.807) is 6.07 Å². The molecule has 1 aromatic carbocycles. The zero-order chi connectivity index (χ0) is 13.8. The summed E-state index contributed by atoms with van der Waals surface area (Å²) in [6.45, 7) is 4.71. The minimum atomic E-state index is -0.432. The molecule has 6 heteroatoms. The molecule has 1 unspecified atom stereocenters. The third-order valence-electron chi connectivity index (χ3n) is 3.10. The Kier molecular flexibility index (Phi) is 5.10. The van der Waals surface area contributed by atoms with Crippen molar-refractivity contribution in [2.24, 2.45) is 5.41 Å². The van der Waals surface area contributed by atoms with E-state index in [4.69, 9.17) is 0 Å². The number of nitro groups is 1. The smallest absolute Gasteiger partial charge is 0.270 e. The monoisotopic (exact) mass is 316 g/mol. The average molecular weight is 317 g/mol. The number of nitrogens with zero attached hydrogens (tertiary/aromatic N) is 1. The van der Waals surface area contributed by atoms with Crippen LogP contribution in [-0.4, -0.2) is 23.2 Å². The summed E-state index contributed by atoms with van der Waals surface area (Å²) in [5.74, 6) is 0. The summed E-state index contributed by atoms with van der Waals surface area (Å²) in [5.41, 5.74) is 0.642. The Morgan fingerprint density at radius 1 is 1.56 bits per heavy atom. The van der Waals surface area contributed by atoms with Crippen molar-refractivity contribution in [1.82, 2.24) is 0 Å². The van der Waals surface area contributed by atoms with E-state index in [0.29, 0.717) is 11.0 Å². The zero-order valence-corrected chi connectivity index (χ0v) is 12.0. The number of nitrogens with one attached hydrogen (secondary N) is 1. The van der Waals surface area contributed by atoms with Crippen LogP contribution in [0.15, 0.2) is 22.7 Å². The van der Waals surface area contributed by atoms with E-state index in [1.807, 2.05) is 13.8 Å². The van der Waals surface area contributed by atoms with Crippen LogP contribution in [0.2, 0.25) is 0 Å². The highest BCUT2D eigenvalue weighted by atomic mass is 79.9. The van der Waals surface area contributed by atoms with Crippen LogP contribution < -0.4 is 5.32 Å². The Labute approximate surface area is 114 Å². The maximum Gasteiger partial charge on any atom is 0.270 e. The predicted molar refractivity (Wildman–Crippen MR) is 74.8 cm³/mol. The Bertz CT molecular complexity index is 433. The second-order valence-electron chi connectivity index (χ2n) is 4.60. The molecule has 0 bridgehead atoms. The third-order valence-corrected chi connectivity index (χ3v) is 3.76. The Morgan fingerprint density at radius 3 is 2.67 bits per heavy atom.